The summed E-state index contributed by atoms with van der Waals surface area (Å²) in [4.78, 5) is 8.13. The van der Waals surface area contributed by atoms with E-state index in [-0.39, 0.29) is 0 Å². The van der Waals surface area contributed by atoms with Crippen molar-refractivity contribution in [1.82, 2.24) is 14.7 Å². The molecule has 0 bridgehead atoms. The smallest absolute Gasteiger partial charge is 0.00387 e. The Morgan fingerprint density at radius 3 is 1.87 bits per heavy atom. The molecule has 134 valence electrons. The molecule has 0 aromatic carbocycles. The highest BCUT2D eigenvalue weighted by molar-refractivity contribution is 4.92. The molecule has 0 aromatic rings. The van der Waals surface area contributed by atoms with Gasteiger partial charge in [0.05, 0.1) is 0 Å². The van der Waals surface area contributed by atoms with Crippen molar-refractivity contribution < 1.29 is 0 Å². The average molecular weight is 322 g/mol. The van der Waals surface area contributed by atoms with E-state index in [9.17, 15) is 0 Å². The van der Waals surface area contributed by atoms with Crippen molar-refractivity contribution in [3.8, 4) is 0 Å². The molecule has 0 amide bonds. The molecule has 1 spiro atoms. The number of hydrogen-bond acceptors (Lipinski definition) is 3. The first kappa shape index (κ1) is 17.7. The van der Waals surface area contributed by atoms with E-state index in [0.717, 1.165) is 18.0 Å². The van der Waals surface area contributed by atoms with Gasteiger partial charge < -0.3 is 14.7 Å². The SMILES string of the molecule is CC(C)N1CCC2(CCN(C[C@@H]3CCN(C(C)C)C3)CC2)CC1. The van der Waals surface area contributed by atoms with E-state index in [0.29, 0.717) is 5.41 Å². The molecular weight excluding hydrogens is 282 g/mol. The lowest BCUT2D eigenvalue weighted by Gasteiger charge is -2.48. The molecule has 3 fully saturated rings. The van der Waals surface area contributed by atoms with Crippen LogP contribution in [-0.2, 0) is 0 Å². The Kier molecular flexibility index (Phi) is 5.70. The highest BCUT2D eigenvalue weighted by atomic mass is 15.2. The van der Waals surface area contributed by atoms with Crippen LogP contribution in [0.15, 0.2) is 0 Å². The number of likely N-dealkylation sites (tertiary alicyclic amines) is 3. The third kappa shape index (κ3) is 4.29. The monoisotopic (exact) mass is 321 g/mol. The zero-order valence-corrected chi connectivity index (χ0v) is 16.1. The summed E-state index contributed by atoms with van der Waals surface area (Å²) < 4.78 is 0. The van der Waals surface area contributed by atoms with E-state index in [1.54, 1.807) is 0 Å². The van der Waals surface area contributed by atoms with Crippen molar-refractivity contribution in [2.24, 2.45) is 11.3 Å². The summed E-state index contributed by atoms with van der Waals surface area (Å²) in [6.07, 6.45) is 7.23. The highest BCUT2D eigenvalue weighted by Crippen LogP contribution is 2.41. The molecule has 0 aliphatic carbocycles. The van der Waals surface area contributed by atoms with Gasteiger partial charge in [0.1, 0.15) is 0 Å². The van der Waals surface area contributed by atoms with E-state index in [1.807, 2.05) is 0 Å². The fourth-order valence-electron chi connectivity index (χ4n) is 5.07. The molecule has 0 N–H and O–H groups in total. The lowest BCUT2D eigenvalue weighted by molar-refractivity contribution is 0.0212. The highest BCUT2D eigenvalue weighted by Gasteiger charge is 2.38. The minimum Gasteiger partial charge on any atom is -0.303 e. The summed E-state index contributed by atoms with van der Waals surface area (Å²) >= 11 is 0. The van der Waals surface area contributed by atoms with Gasteiger partial charge in [0.2, 0.25) is 0 Å². The Morgan fingerprint density at radius 1 is 0.783 bits per heavy atom. The maximum Gasteiger partial charge on any atom is 0.00387 e. The van der Waals surface area contributed by atoms with Gasteiger partial charge in [-0.1, -0.05) is 0 Å². The van der Waals surface area contributed by atoms with E-state index < -0.39 is 0 Å². The molecular formula is C20H39N3. The lowest BCUT2D eigenvalue weighted by atomic mass is 9.71. The zero-order valence-electron chi connectivity index (χ0n) is 16.1. The molecule has 0 radical (unpaired) electrons. The molecule has 23 heavy (non-hydrogen) atoms. The van der Waals surface area contributed by atoms with Gasteiger partial charge in [-0.05, 0) is 104 Å². The van der Waals surface area contributed by atoms with Gasteiger partial charge in [0.15, 0.2) is 0 Å². The molecule has 3 heterocycles. The third-order valence-corrected chi connectivity index (χ3v) is 7.07. The van der Waals surface area contributed by atoms with E-state index in [4.69, 9.17) is 0 Å². The quantitative estimate of drug-likeness (QED) is 0.786. The van der Waals surface area contributed by atoms with Crippen LogP contribution in [-0.4, -0.2) is 72.6 Å². The number of rotatable bonds is 4. The molecule has 3 heteroatoms. The molecule has 3 aliphatic heterocycles. The van der Waals surface area contributed by atoms with Crippen molar-refractivity contribution in [2.45, 2.75) is 71.9 Å². The van der Waals surface area contributed by atoms with Crippen LogP contribution in [0, 0.1) is 11.3 Å². The number of piperidine rings is 2. The van der Waals surface area contributed by atoms with Gasteiger partial charge in [-0.3, -0.25) is 0 Å². The van der Waals surface area contributed by atoms with Crippen LogP contribution in [0.25, 0.3) is 0 Å². The second-order valence-corrected chi connectivity index (χ2v) is 9.17. The molecule has 3 rings (SSSR count). The fraction of sp³-hybridized carbons (Fsp3) is 1.00. The first-order chi connectivity index (χ1) is 11.0. The fourth-order valence-corrected chi connectivity index (χ4v) is 5.07. The predicted molar refractivity (Wildman–Crippen MR) is 98.9 cm³/mol. The molecule has 3 saturated heterocycles. The molecule has 0 aromatic heterocycles. The summed E-state index contributed by atoms with van der Waals surface area (Å²) in [6, 6.07) is 1.47. The second-order valence-electron chi connectivity index (χ2n) is 9.17. The predicted octanol–water partition coefficient (Wildman–Crippen LogP) is 3.30. The minimum absolute atomic E-state index is 0.696. The van der Waals surface area contributed by atoms with Gasteiger partial charge in [-0.15, -0.1) is 0 Å². The molecule has 1 atom stereocenters. The minimum atomic E-state index is 0.696. The average Bonchev–Trinajstić information content (AvgIpc) is 2.99. The lowest BCUT2D eigenvalue weighted by Crippen LogP contribution is -2.49. The van der Waals surface area contributed by atoms with Crippen LogP contribution in [0.4, 0.5) is 0 Å². The van der Waals surface area contributed by atoms with Crippen molar-refractivity contribution in [2.75, 3.05) is 45.8 Å². The number of nitrogens with zero attached hydrogens (tertiary/aromatic N) is 3. The van der Waals surface area contributed by atoms with Gasteiger partial charge in [0, 0.05) is 25.2 Å². The second kappa shape index (κ2) is 7.41. The zero-order chi connectivity index (χ0) is 16.4. The Bertz CT molecular complexity index is 361. The van der Waals surface area contributed by atoms with Crippen molar-refractivity contribution in [1.29, 1.82) is 0 Å². The molecule has 3 aliphatic rings. The summed E-state index contributed by atoms with van der Waals surface area (Å²) in [5.41, 5.74) is 0.696. The van der Waals surface area contributed by atoms with Crippen LogP contribution in [0.3, 0.4) is 0 Å². The van der Waals surface area contributed by atoms with E-state index >= 15 is 0 Å². The summed E-state index contributed by atoms with van der Waals surface area (Å²) in [6.45, 7) is 18.8. The summed E-state index contributed by atoms with van der Waals surface area (Å²) in [5, 5.41) is 0. The normalized spacial score (nSPS) is 30.8. The van der Waals surface area contributed by atoms with Crippen LogP contribution in [0.5, 0.6) is 0 Å². The van der Waals surface area contributed by atoms with Crippen LogP contribution in [0.1, 0.15) is 59.8 Å². The standard InChI is InChI=1S/C20H39N3/c1-17(2)22-13-8-20(9-14-22)6-11-21(12-7-20)15-19-5-10-23(16-19)18(3)4/h17-19H,5-16H2,1-4H3/t19-/m0/s1. The van der Waals surface area contributed by atoms with Gasteiger partial charge in [-0.25, -0.2) is 0 Å². The molecule has 0 saturated carbocycles. The third-order valence-electron chi connectivity index (χ3n) is 7.07. The first-order valence-electron chi connectivity index (χ1n) is 10.2. The largest absolute Gasteiger partial charge is 0.303 e. The topological polar surface area (TPSA) is 9.72 Å². The summed E-state index contributed by atoms with van der Waals surface area (Å²) in [5.74, 6) is 0.925. The maximum atomic E-state index is 2.79. The van der Waals surface area contributed by atoms with Crippen molar-refractivity contribution in [3.63, 3.8) is 0 Å². The van der Waals surface area contributed by atoms with Crippen LogP contribution >= 0.6 is 0 Å². The Morgan fingerprint density at radius 2 is 1.35 bits per heavy atom. The van der Waals surface area contributed by atoms with Gasteiger partial charge >= 0.3 is 0 Å². The van der Waals surface area contributed by atoms with Crippen LogP contribution in [0.2, 0.25) is 0 Å². The molecule has 3 nitrogen and oxygen atoms in total. The van der Waals surface area contributed by atoms with E-state index in [1.165, 1.54) is 77.9 Å². The van der Waals surface area contributed by atoms with Crippen LogP contribution < -0.4 is 0 Å². The van der Waals surface area contributed by atoms with Gasteiger partial charge in [0.25, 0.3) is 0 Å². The Balaban J connectivity index is 1.41. The van der Waals surface area contributed by atoms with Crippen molar-refractivity contribution >= 4 is 0 Å². The van der Waals surface area contributed by atoms with Gasteiger partial charge in [-0.2, -0.15) is 0 Å². The van der Waals surface area contributed by atoms with E-state index in [2.05, 4.69) is 42.4 Å². The summed E-state index contributed by atoms with van der Waals surface area (Å²) in [7, 11) is 0. The first-order valence-corrected chi connectivity index (χ1v) is 10.2. The number of hydrogen-bond donors (Lipinski definition) is 0. The Labute approximate surface area is 144 Å². The molecule has 0 unspecified atom stereocenters. The Hall–Kier alpha value is -0.120. The van der Waals surface area contributed by atoms with Crippen molar-refractivity contribution in [3.05, 3.63) is 0 Å². The maximum absolute atomic E-state index is 2.79.